The Kier molecular flexibility index (Phi) is 4.61. The second kappa shape index (κ2) is 8.19. The van der Waals surface area contributed by atoms with Gasteiger partial charge in [-0.1, -0.05) is 98.8 Å². The topological polar surface area (TPSA) is 4.93 Å². The molecule has 0 aliphatic heterocycles. The summed E-state index contributed by atoms with van der Waals surface area (Å²) in [7, 11) is 0. The molecule has 194 valence electrons. The van der Waals surface area contributed by atoms with Crippen molar-refractivity contribution in [1.29, 1.82) is 0 Å². The summed E-state index contributed by atoms with van der Waals surface area (Å²) in [6.45, 7) is 4.82. The van der Waals surface area contributed by atoms with Crippen molar-refractivity contribution in [2.24, 2.45) is 0 Å². The first-order valence-corrected chi connectivity index (χ1v) is 15.1. The molecule has 0 fully saturated rings. The third-order valence-electron chi connectivity index (χ3n) is 9.17. The molecule has 2 heterocycles. The van der Waals surface area contributed by atoms with E-state index >= 15 is 0 Å². The molecule has 0 amide bonds. The van der Waals surface area contributed by atoms with Gasteiger partial charge in [-0.2, -0.15) is 0 Å². The van der Waals surface area contributed by atoms with Crippen LogP contribution < -0.4 is 0 Å². The number of fused-ring (bicyclic) bond motifs is 10. The molecule has 1 nitrogen and oxygen atoms in total. The fourth-order valence-corrected chi connectivity index (χ4v) is 8.42. The first kappa shape index (κ1) is 23.1. The van der Waals surface area contributed by atoms with E-state index in [0.29, 0.717) is 0 Å². The highest BCUT2D eigenvalue weighted by Gasteiger charge is 2.38. The minimum atomic E-state index is -0.108. The summed E-state index contributed by atoms with van der Waals surface area (Å²) in [6, 6.07) is 47.1. The summed E-state index contributed by atoms with van der Waals surface area (Å²) in [6.07, 6.45) is 0. The van der Waals surface area contributed by atoms with Crippen LogP contribution in [0.25, 0.3) is 69.9 Å². The lowest BCUT2D eigenvalue weighted by Crippen LogP contribution is -2.15. The maximum Gasteiger partial charge on any atom is 0.0541 e. The molecule has 2 aromatic heterocycles. The summed E-state index contributed by atoms with van der Waals surface area (Å²) in [4.78, 5) is 0. The number of hydrogen-bond acceptors (Lipinski definition) is 1. The van der Waals surface area contributed by atoms with Gasteiger partial charge in [-0.05, 0) is 75.8 Å². The van der Waals surface area contributed by atoms with E-state index in [1.165, 1.54) is 81.0 Å². The molecule has 0 saturated heterocycles. The summed E-state index contributed by atoms with van der Waals surface area (Å²) in [5.41, 5.74) is 11.7. The van der Waals surface area contributed by atoms with E-state index in [2.05, 4.69) is 146 Å². The van der Waals surface area contributed by atoms with Gasteiger partial charge in [0.05, 0.1) is 11.0 Å². The number of hydrogen-bond donors (Lipinski definition) is 0. The first-order valence-electron chi connectivity index (χ1n) is 14.3. The highest BCUT2D eigenvalue weighted by molar-refractivity contribution is 7.25. The third kappa shape index (κ3) is 3.11. The molecule has 0 bridgehead atoms. The number of benzene rings is 6. The van der Waals surface area contributed by atoms with Crippen molar-refractivity contribution >= 4 is 53.3 Å². The van der Waals surface area contributed by atoms with Crippen molar-refractivity contribution < 1.29 is 0 Å². The highest BCUT2D eigenvalue weighted by atomic mass is 32.1. The number of thiophene rings is 1. The molecule has 6 aromatic carbocycles. The molecule has 1 aliphatic carbocycles. The van der Waals surface area contributed by atoms with E-state index < -0.39 is 0 Å². The quantitative estimate of drug-likeness (QED) is 0.205. The second-order valence-electron chi connectivity index (χ2n) is 11.8. The van der Waals surface area contributed by atoms with Gasteiger partial charge in [-0.3, -0.25) is 0 Å². The Morgan fingerprint density at radius 3 is 2.15 bits per heavy atom. The molecule has 0 atom stereocenters. The zero-order valence-corrected chi connectivity index (χ0v) is 23.8. The Hall–Kier alpha value is -4.66. The van der Waals surface area contributed by atoms with Crippen molar-refractivity contribution in [3.05, 3.63) is 139 Å². The Morgan fingerprint density at radius 1 is 0.537 bits per heavy atom. The van der Waals surface area contributed by atoms with Gasteiger partial charge in [-0.15, -0.1) is 11.3 Å². The van der Waals surface area contributed by atoms with Crippen molar-refractivity contribution in [2.45, 2.75) is 19.3 Å². The van der Waals surface area contributed by atoms with Crippen LogP contribution in [-0.4, -0.2) is 4.57 Å². The molecule has 2 heteroatoms. The highest BCUT2D eigenvalue weighted by Crippen LogP contribution is 2.54. The lowest BCUT2D eigenvalue weighted by atomic mass is 9.80. The van der Waals surface area contributed by atoms with Gasteiger partial charge in [0.2, 0.25) is 0 Å². The molecule has 0 N–H and O–H groups in total. The lowest BCUT2D eigenvalue weighted by molar-refractivity contribution is 0.666. The van der Waals surface area contributed by atoms with E-state index in [1.54, 1.807) is 0 Å². The fourth-order valence-electron chi connectivity index (χ4n) is 7.31. The third-order valence-corrected chi connectivity index (χ3v) is 10.3. The van der Waals surface area contributed by atoms with Crippen LogP contribution in [0.3, 0.4) is 0 Å². The second-order valence-corrected chi connectivity index (χ2v) is 12.8. The largest absolute Gasteiger partial charge is 0.309 e. The summed E-state index contributed by atoms with van der Waals surface area (Å²) < 4.78 is 5.19. The molecule has 9 rings (SSSR count). The molecule has 41 heavy (non-hydrogen) atoms. The SMILES string of the molecule is CC1(C)c2cc(-n3c4ccccc4c4cc(-c5ccccc5)ccc43)ccc2-c2ccc3sc4ccccc4c3c21. The zero-order chi connectivity index (χ0) is 27.3. The van der Waals surface area contributed by atoms with Crippen LogP contribution >= 0.6 is 11.3 Å². The number of nitrogens with zero attached hydrogens (tertiary/aromatic N) is 1. The van der Waals surface area contributed by atoms with Gasteiger partial charge in [0.25, 0.3) is 0 Å². The monoisotopic (exact) mass is 541 g/mol. The van der Waals surface area contributed by atoms with Crippen LogP contribution in [0.2, 0.25) is 0 Å². The van der Waals surface area contributed by atoms with Crippen LogP contribution in [0.15, 0.2) is 127 Å². The number of rotatable bonds is 2. The van der Waals surface area contributed by atoms with E-state index in [-0.39, 0.29) is 5.41 Å². The molecule has 1 aliphatic rings. The van der Waals surface area contributed by atoms with E-state index in [0.717, 1.165) is 0 Å². The number of para-hydroxylation sites is 1. The Morgan fingerprint density at radius 2 is 1.27 bits per heavy atom. The fraction of sp³-hybridized carbons (Fsp3) is 0.0769. The standard InChI is InChI=1S/C39H27NS/c1-39(2)32-23-26(17-18-27(32)29-19-21-36-37(38(29)39)30-13-7-9-15-35(30)41-36)40-33-14-8-6-12-28(33)31-22-25(16-20-34(31)40)24-10-4-3-5-11-24/h3-23H,1-2H3. The van der Waals surface area contributed by atoms with E-state index in [9.17, 15) is 0 Å². The predicted molar refractivity (Wildman–Crippen MR) is 177 cm³/mol. The Balaban J connectivity index is 1.28. The molecular weight excluding hydrogens is 515 g/mol. The van der Waals surface area contributed by atoms with Crippen LogP contribution in [0.4, 0.5) is 0 Å². The van der Waals surface area contributed by atoms with Gasteiger partial charge >= 0.3 is 0 Å². The van der Waals surface area contributed by atoms with Crippen molar-refractivity contribution in [1.82, 2.24) is 4.57 Å². The molecule has 0 radical (unpaired) electrons. The van der Waals surface area contributed by atoms with Crippen LogP contribution in [0.1, 0.15) is 25.0 Å². The summed E-state index contributed by atoms with van der Waals surface area (Å²) in [5.74, 6) is 0. The molecule has 0 spiro atoms. The Bertz CT molecular complexity index is 2330. The average molecular weight is 542 g/mol. The first-order chi connectivity index (χ1) is 20.1. The maximum absolute atomic E-state index is 2.45. The van der Waals surface area contributed by atoms with E-state index in [1.807, 2.05) is 11.3 Å². The molecule has 8 aromatic rings. The minimum absolute atomic E-state index is 0.108. The molecular formula is C39H27NS. The van der Waals surface area contributed by atoms with Crippen LogP contribution in [-0.2, 0) is 5.41 Å². The predicted octanol–water partition coefficient (Wildman–Crippen LogP) is 11.1. The number of aromatic nitrogens is 1. The molecule has 0 unspecified atom stereocenters. The van der Waals surface area contributed by atoms with Gasteiger partial charge in [0.1, 0.15) is 0 Å². The van der Waals surface area contributed by atoms with Crippen LogP contribution in [0.5, 0.6) is 0 Å². The van der Waals surface area contributed by atoms with Crippen molar-refractivity contribution in [3.8, 4) is 27.9 Å². The zero-order valence-electron chi connectivity index (χ0n) is 23.0. The summed E-state index contributed by atoms with van der Waals surface area (Å²) >= 11 is 1.91. The van der Waals surface area contributed by atoms with E-state index in [4.69, 9.17) is 0 Å². The van der Waals surface area contributed by atoms with Gasteiger partial charge in [0.15, 0.2) is 0 Å². The van der Waals surface area contributed by atoms with Gasteiger partial charge in [0, 0.05) is 42.0 Å². The average Bonchev–Trinajstić information content (AvgIpc) is 3.63. The van der Waals surface area contributed by atoms with Crippen molar-refractivity contribution in [3.63, 3.8) is 0 Å². The Labute approximate surface area is 242 Å². The van der Waals surface area contributed by atoms with Crippen LogP contribution in [0, 0.1) is 0 Å². The molecule has 0 saturated carbocycles. The minimum Gasteiger partial charge on any atom is -0.309 e. The normalized spacial score (nSPS) is 13.8. The van der Waals surface area contributed by atoms with Crippen molar-refractivity contribution in [2.75, 3.05) is 0 Å². The van der Waals surface area contributed by atoms with Gasteiger partial charge in [-0.25, -0.2) is 0 Å². The summed E-state index contributed by atoms with van der Waals surface area (Å²) in [5, 5.41) is 5.38. The lowest BCUT2D eigenvalue weighted by Gasteiger charge is -2.23. The van der Waals surface area contributed by atoms with Gasteiger partial charge < -0.3 is 4.57 Å². The maximum atomic E-state index is 2.45. The smallest absolute Gasteiger partial charge is 0.0541 e.